The van der Waals surface area contributed by atoms with Gasteiger partial charge >= 0.3 is 0 Å². The van der Waals surface area contributed by atoms with Crippen LogP contribution in [0.1, 0.15) is 22.0 Å². The van der Waals surface area contributed by atoms with Gasteiger partial charge in [-0.25, -0.2) is 8.78 Å². The van der Waals surface area contributed by atoms with Gasteiger partial charge in [0.2, 0.25) is 0 Å². The lowest BCUT2D eigenvalue weighted by Crippen LogP contribution is -2.51. The summed E-state index contributed by atoms with van der Waals surface area (Å²) in [4.78, 5) is 16.8. The summed E-state index contributed by atoms with van der Waals surface area (Å²) in [6.45, 7) is 1.08. The van der Waals surface area contributed by atoms with Crippen molar-refractivity contribution in [2.75, 3.05) is 40.9 Å². The normalized spacial score (nSPS) is 19.9. The van der Waals surface area contributed by atoms with Crippen LogP contribution in [0.4, 0.5) is 8.78 Å². The van der Waals surface area contributed by atoms with Crippen LogP contribution in [0.5, 0.6) is 5.75 Å². The molecule has 1 fully saturated rings. The van der Waals surface area contributed by atoms with Crippen molar-refractivity contribution in [1.82, 2.24) is 19.6 Å². The standard InChI is InChI=1S/C19H24F2N4O3/c1-23(2)11-15-18(12-9-22-24(3)10-12)25(7-8-28-15)19(26)16-14(27-4)6-5-13(20)17(16)21/h5-6,9-10,15,18H,7-8,11H2,1-4H3/t15-,18-/m0/s1. The number of morpholine rings is 1. The SMILES string of the molecule is COc1ccc(F)c(F)c1C(=O)N1CCO[C@@H](CN(C)C)[C@@H]1c1cnn(C)c1. The van der Waals surface area contributed by atoms with Crippen molar-refractivity contribution >= 4 is 5.91 Å². The predicted octanol–water partition coefficient (Wildman–Crippen LogP) is 1.85. The number of halogens is 2. The van der Waals surface area contributed by atoms with Crippen LogP contribution in [0.25, 0.3) is 0 Å². The Morgan fingerprint density at radius 1 is 1.39 bits per heavy atom. The second kappa shape index (κ2) is 8.24. The molecule has 1 aromatic heterocycles. The fourth-order valence-electron chi connectivity index (χ4n) is 3.51. The number of aryl methyl sites for hydroxylation is 1. The number of likely N-dealkylation sites (N-methyl/N-ethyl adjacent to an activating group) is 1. The maximum atomic E-state index is 14.5. The Morgan fingerprint density at radius 3 is 2.75 bits per heavy atom. The summed E-state index contributed by atoms with van der Waals surface area (Å²) in [6.07, 6.45) is 3.10. The molecule has 0 saturated carbocycles. The molecule has 0 aliphatic carbocycles. The van der Waals surface area contributed by atoms with E-state index in [1.807, 2.05) is 19.0 Å². The minimum atomic E-state index is -1.22. The molecule has 2 aromatic rings. The Bertz CT molecular complexity index is 856. The zero-order chi connectivity index (χ0) is 20.4. The Morgan fingerprint density at radius 2 is 2.14 bits per heavy atom. The van der Waals surface area contributed by atoms with E-state index in [2.05, 4.69) is 5.10 Å². The molecule has 28 heavy (non-hydrogen) atoms. The Kier molecular flexibility index (Phi) is 5.95. The van der Waals surface area contributed by atoms with Gasteiger partial charge in [0.05, 0.1) is 32.1 Å². The van der Waals surface area contributed by atoms with E-state index in [1.54, 1.807) is 24.1 Å². The minimum absolute atomic E-state index is 0.00973. The van der Waals surface area contributed by atoms with Gasteiger partial charge < -0.3 is 19.3 Å². The monoisotopic (exact) mass is 394 g/mol. The summed E-state index contributed by atoms with van der Waals surface area (Å²) < 4.78 is 41.1. The predicted molar refractivity (Wildman–Crippen MR) is 98.2 cm³/mol. The highest BCUT2D eigenvalue weighted by atomic mass is 19.2. The van der Waals surface area contributed by atoms with Gasteiger partial charge in [-0.05, 0) is 26.2 Å². The molecule has 3 rings (SSSR count). The van der Waals surface area contributed by atoms with E-state index >= 15 is 0 Å². The molecule has 1 aliphatic rings. The van der Waals surface area contributed by atoms with Crippen molar-refractivity contribution in [3.05, 3.63) is 47.3 Å². The molecule has 7 nitrogen and oxygen atoms in total. The zero-order valence-corrected chi connectivity index (χ0v) is 16.4. The summed E-state index contributed by atoms with van der Waals surface area (Å²) in [5.74, 6) is -2.97. The van der Waals surface area contributed by atoms with Crippen LogP contribution >= 0.6 is 0 Å². The molecule has 0 bridgehead atoms. The second-order valence-electron chi connectivity index (χ2n) is 7.00. The van der Waals surface area contributed by atoms with Crippen molar-refractivity contribution in [2.45, 2.75) is 12.1 Å². The number of rotatable bonds is 5. The number of benzene rings is 1. The Hall–Kier alpha value is -2.52. The Labute approximate surface area is 162 Å². The molecule has 2 heterocycles. The van der Waals surface area contributed by atoms with Crippen LogP contribution in [0.2, 0.25) is 0 Å². The summed E-state index contributed by atoms with van der Waals surface area (Å²) >= 11 is 0. The smallest absolute Gasteiger partial charge is 0.261 e. The number of carbonyl (C=O) groups excluding carboxylic acids is 1. The number of aromatic nitrogens is 2. The topological polar surface area (TPSA) is 59.8 Å². The summed E-state index contributed by atoms with van der Waals surface area (Å²) in [6, 6.07) is 1.70. The van der Waals surface area contributed by atoms with Gasteiger partial charge in [0, 0.05) is 31.9 Å². The first-order valence-electron chi connectivity index (χ1n) is 8.91. The zero-order valence-electron chi connectivity index (χ0n) is 16.4. The van der Waals surface area contributed by atoms with Crippen molar-refractivity contribution in [3.8, 4) is 5.75 Å². The number of ether oxygens (including phenoxy) is 2. The Balaban J connectivity index is 2.05. The van der Waals surface area contributed by atoms with Crippen molar-refractivity contribution in [2.24, 2.45) is 7.05 Å². The summed E-state index contributed by atoms with van der Waals surface area (Å²) in [5, 5.41) is 4.19. The highest BCUT2D eigenvalue weighted by Crippen LogP contribution is 2.34. The van der Waals surface area contributed by atoms with Gasteiger partial charge in [0.1, 0.15) is 11.3 Å². The lowest BCUT2D eigenvalue weighted by atomic mass is 9.99. The van der Waals surface area contributed by atoms with Gasteiger partial charge in [-0.1, -0.05) is 0 Å². The van der Waals surface area contributed by atoms with E-state index in [0.717, 1.165) is 11.6 Å². The molecule has 9 heteroatoms. The van der Waals surface area contributed by atoms with Crippen LogP contribution in [0, 0.1) is 11.6 Å². The van der Waals surface area contributed by atoms with Gasteiger partial charge in [0.25, 0.3) is 5.91 Å². The summed E-state index contributed by atoms with van der Waals surface area (Å²) in [7, 11) is 6.89. The van der Waals surface area contributed by atoms with E-state index < -0.39 is 29.1 Å². The fourth-order valence-corrected chi connectivity index (χ4v) is 3.51. The van der Waals surface area contributed by atoms with Gasteiger partial charge in [0.15, 0.2) is 11.6 Å². The average Bonchev–Trinajstić information content (AvgIpc) is 3.08. The number of hydrogen-bond donors (Lipinski definition) is 0. The average molecular weight is 394 g/mol. The largest absolute Gasteiger partial charge is 0.496 e. The van der Waals surface area contributed by atoms with Crippen LogP contribution in [0.15, 0.2) is 24.5 Å². The van der Waals surface area contributed by atoms with Crippen LogP contribution < -0.4 is 4.74 Å². The van der Waals surface area contributed by atoms with Crippen molar-refractivity contribution in [1.29, 1.82) is 0 Å². The highest BCUT2D eigenvalue weighted by Gasteiger charge is 2.39. The molecule has 1 amide bonds. The third-order valence-corrected chi connectivity index (χ3v) is 4.71. The van der Waals surface area contributed by atoms with Crippen LogP contribution in [-0.4, -0.2) is 72.5 Å². The molecule has 152 valence electrons. The molecular formula is C19H24F2N4O3. The molecule has 1 aliphatic heterocycles. The molecule has 0 radical (unpaired) electrons. The molecule has 0 unspecified atom stereocenters. The second-order valence-corrected chi connectivity index (χ2v) is 7.00. The lowest BCUT2D eigenvalue weighted by molar-refractivity contribution is -0.0686. The first-order valence-corrected chi connectivity index (χ1v) is 8.91. The molecule has 0 N–H and O–H groups in total. The fraction of sp³-hybridized carbons (Fsp3) is 0.474. The number of carbonyl (C=O) groups is 1. The van der Waals surface area contributed by atoms with E-state index in [9.17, 15) is 13.6 Å². The number of amides is 1. The van der Waals surface area contributed by atoms with Gasteiger partial charge in [-0.15, -0.1) is 0 Å². The quantitative estimate of drug-likeness (QED) is 0.775. The highest BCUT2D eigenvalue weighted by molar-refractivity contribution is 5.97. The molecule has 2 atom stereocenters. The van der Waals surface area contributed by atoms with Crippen molar-refractivity contribution < 1.29 is 23.0 Å². The van der Waals surface area contributed by atoms with Gasteiger partial charge in [-0.2, -0.15) is 5.10 Å². The van der Waals surface area contributed by atoms with E-state index in [1.165, 1.54) is 18.1 Å². The first-order chi connectivity index (χ1) is 13.3. The molecule has 1 saturated heterocycles. The molecule has 0 spiro atoms. The van der Waals surface area contributed by atoms with E-state index in [0.29, 0.717) is 13.2 Å². The van der Waals surface area contributed by atoms with Crippen LogP contribution in [-0.2, 0) is 11.8 Å². The summed E-state index contributed by atoms with van der Waals surface area (Å²) in [5.41, 5.74) is 0.347. The minimum Gasteiger partial charge on any atom is -0.496 e. The van der Waals surface area contributed by atoms with E-state index in [-0.39, 0.29) is 18.4 Å². The maximum Gasteiger partial charge on any atom is 0.261 e. The van der Waals surface area contributed by atoms with Gasteiger partial charge in [-0.3, -0.25) is 9.48 Å². The third-order valence-electron chi connectivity index (χ3n) is 4.71. The maximum absolute atomic E-state index is 14.5. The molecule has 1 aromatic carbocycles. The number of hydrogen-bond acceptors (Lipinski definition) is 5. The third kappa shape index (κ3) is 3.85. The first kappa shape index (κ1) is 20.2. The molecular weight excluding hydrogens is 370 g/mol. The van der Waals surface area contributed by atoms with Crippen molar-refractivity contribution in [3.63, 3.8) is 0 Å². The number of methoxy groups -OCH3 is 1. The van der Waals surface area contributed by atoms with E-state index in [4.69, 9.17) is 9.47 Å². The van der Waals surface area contributed by atoms with Crippen LogP contribution in [0.3, 0.4) is 0 Å². The lowest BCUT2D eigenvalue weighted by Gasteiger charge is -2.42. The number of nitrogens with zero attached hydrogens (tertiary/aromatic N) is 4.